The van der Waals surface area contributed by atoms with E-state index in [1.807, 2.05) is 6.07 Å². The maximum atomic E-state index is 12.4. The van der Waals surface area contributed by atoms with E-state index >= 15 is 0 Å². The molecular weight excluding hydrogens is 359 g/mol. The number of benzene rings is 1. The quantitative estimate of drug-likeness (QED) is 0.647. The lowest BCUT2D eigenvalue weighted by Crippen LogP contribution is -2.38. The number of rotatable bonds is 4. The minimum Gasteiger partial charge on any atom is -0.370 e. The first kappa shape index (κ1) is 19.2. The molecule has 0 spiro atoms. The molecule has 1 aliphatic heterocycles. The maximum absolute atomic E-state index is 12.4. The van der Waals surface area contributed by atoms with Gasteiger partial charge in [0, 0.05) is 18.7 Å². The maximum Gasteiger partial charge on any atom is 0.396 e. The van der Waals surface area contributed by atoms with Crippen LogP contribution in [0, 0.1) is 0 Å². The van der Waals surface area contributed by atoms with Gasteiger partial charge in [0.15, 0.2) is 11.8 Å². The normalized spacial score (nSPS) is 16.4. The van der Waals surface area contributed by atoms with E-state index in [-0.39, 0.29) is 11.7 Å². The van der Waals surface area contributed by atoms with Gasteiger partial charge in [-0.1, -0.05) is 30.1 Å². The van der Waals surface area contributed by atoms with Gasteiger partial charge in [-0.2, -0.15) is 18.2 Å². The van der Waals surface area contributed by atoms with Crippen LogP contribution < -0.4 is 5.73 Å². The first-order chi connectivity index (χ1) is 12.9. The highest BCUT2D eigenvalue weighted by molar-refractivity contribution is 5.78. The number of guanidine groups is 1. The predicted molar refractivity (Wildman–Crippen MR) is 94.9 cm³/mol. The molecule has 3 rings (SSSR count). The number of aliphatic imine (C=N–C) groups is 1. The smallest absolute Gasteiger partial charge is 0.370 e. The Bertz CT molecular complexity index is 779. The van der Waals surface area contributed by atoms with Crippen molar-refractivity contribution in [1.82, 2.24) is 15.0 Å². The fraction of sp³-hybridized carbons (Fsp3) is 0.500. The van der Waals surface area contributed by atoms with E-state index in [1.54, 1.807) is 18.2 Å². The fourth-order valence-corrected chi connectivity index (χ4v) is 3.00. The topological polar surface area (TPSA) is 80.5 Å². The summed E-state index contributed by atoms with van der Waals surface area (Å²) in [4.78, 5) is 10.4. The Labute approximate surface area is 155 Å². The highest BCUT2D eigenvalue weighted by atomic mass is 19.4. The van der Waals surface area contributed by atoms with Crippen LogP contribution in [0.5, 0.6) is 0 Å². The van der Waals surface area contributed by atoms with E-state index in [2.05, 4.69) is 20.0 Å². The molecule has 1 fully saturated rings. The highest BCUT2D eigenvalue weighted by Gasteiger charge is 2.30. The molecule has 2 heterocycles. The van der Waals surface area contributed by atoms with Crippen LogP contribution >= 0.6 is 0 Å². The molecule has 2 N–H and O–H groups in total. The van der Waals surface area contributed by atoms with E-state index < -0.39 is 12.6 Å². The summed E-state index contributed by atoms with van der Waals surface area (Å²) >= 11 is 0. The van der Waals surface area contributed by atoms with Gasteiger partial charge >= 0.3 is 6.18 Å². The molecule has 0 saturated carbocycles. The zero-order valence-electron chi connectivity index (χ0n) is 14.9. The summed E-state index contributed by atoms with van der Waals surface area (Å²) in [5.74, 6) is 0.194. The molecule has 0 atom stereocenters. The zero-order valence-corrected chi connectivity index (χ0v) is 14.9. The van der Waals surface area contributed by atoms with Crippen molar-refractivity contribution in [1.29, 1.82) is 0 Å². The lowest BCUT2D eigenvalue weighted by atomic mass is 10.1. The predicted octanol–water partition coefficient (Wildman–Crippen LogP) is 3.53. The Morgan fingerprint density at radius 1 is 1.19 bits per heavy atom. The summed E-state index contributed by atoms with van der Waals surface area (Å²) in [5, 5.41) is 3.39. The summed E-state index contributed by atoms with van der Waals surface area (Å²) in [6, 6.07) is 7.12. The second-order valence-corrected chi connectivity index (χ2v) is 6.58. The third kappa shape index (κ3) is 5.70. The van der Waals surface area contributed by atoms with Crippen molar-refractivity contribution in [2.45, 2.75) is 44.8 Å². The van der Waals surface area contributed by atoms with Gasteiger partial charge in [0.2, 0.25) is 0 Å². The Morgan fingerprint density at radius 2 is 1.93 bits per heavy atom. The van der Waals surface area contributed by atoms with Crippen molar-refractivity contribution in [3.05, 3.63) is 35.7 Å². The minimum atomic E-state index is -4.37. The Balaban J connectivity index is 1.67. The second-order valence-electron chi connectivity index (χ2n) is 6.58. The first-order valence-electron chi connectivity index (χ1n) is 8.94. The van der Waals surface area contributed by atoms with Gasteiger partial charge in [-0.25, -0.2) is 4.99 Å². The average molecular weight is 381 g/mol. The van der Waals surface area contributed by atoms with Crippen LogP contribution in [0.25, 0.3) is 11.5 Å². The summed E-state index contributed by atoms with van der Waals surface area (Å²) < 4.78 is 42.2. The molecule has 9 heteroatoms. The van der Waals surface area contributed by atoms with Crippen LogP contribution in [-0.4, -0.2) is 40.3 Å². The van der Waals surface area contributed by atoms with Gasteiger partial charge in [0.05, 0.1) is 6.54 Å². The molecule has 1 aromatic heterocycles. The number of alkyl halides is 3. The third-order valence-electron chi connectivity index (χ3n) is 4.35. The van der Waals surface area contributed by atoms with E-state index in [0.717, 1.165) is 31.5 Å². The van der Waals surface area contributed by atoms with Crippen LogP contribution in [-0.2, 0) is 13.0 Å². The molecule has 0 radical (unpaired) electrons. The van der Waals surface area contributed by atoms with Gasteiger partial charge in [0.1, 0.15) is 6.42 Å². The lowest BCUT2D eigenvalue weighted by Gasteiger charge is -2.21. The first-order valence-corrected chi connectivity index (χ1v) is 8.94. The lowest BCUT2D eigenvalue weighted by molar-refractivity contribution is -0.128. The van der Waals surface area contributed by atoms with E-state index in [0.29, 0.717) is 18.1 Å². The molecule has 0 bridgehead atoms. The average Bonchev–Trinajstić information content (AvgIpc) is 2.90. The van der Waals surface area contributed by atoms with Gasteiger partial charge in [-0.3, -0.25) is 0 Å². The zero-order chi connectivity index (χ0) is 19.3. The Hall–Kier alpha value is -2.58. The second kappa shape index (κ2) is 8.41. The van der Waals surface area contributed by atoms with Crippen LogP contribution in [0.2, 0.25) is 0 Å². The largest absolute Gasteiger partial charge is 0.396 e. The number of nitrogens with zero attached hydrogens (tertiary/aromatic N) is 4. The van der Waals surface area contributed by atoms with E-state index in [1.165, 1.54) is 12.8 Å². The molecule has 1 saturated heterocycles. The molecule has 0 amide bonds. The molecule has 0 aliphatic carbocycles. The van der Waals surface area contributed by atoms with Crippen molar-refractivity contribution in [3.8, 4) is 11.5 Å². The van der Waals surface area contributed by atoms with Gasteiger partial charge in [0.25, 0.3) is 5.89 Å². The molecule has 2 aromatic rings. The van der Waals surface area contributed by atoms with Crippen LogP contribution in [0.1, 0.15) is 37.1 Å². The molecule has 1 aromatic carbocycles. The number of hydrogen-bond acceptors (Lipinski definition) is 4. The summed E-state index contributed by atoms with van der Waals surface area (Å²) in [7, 11) is 0. The number of likely N-dealkylation sites (tertiary alicyclic amines) is 1. The van der Waals surface area contributed by atoms with Crippen molar-refractivity contribution in [2.24, 2.45) is 10.7 Å². The van der Waals surface area contributed by atoms with Crippen molar-refractivity contribution >= 4 is 5.96 Å². The van der Waals surface area contributed by atoms with E-state index in [9.17, 15) is 13.2 Å². The van der Waals surface area contributed by atoms with Crippen LogP contribution in [0.3, 0.4) is 0 Å². The van der Waals surface area contributed by atoms with Crippen molar-refractivity contribution in [2.75, 3.05) is 13.1 Å². The monoisotopic (exact) mass is 381 g/mol. The molecular formula is C18H22F3N5O. The van der Waals surface area contributed by atoms with Gasteiger partial charge < -0.3 is 15.2 Å². The third-order valence-corrected chi connectivity index (χ3v) is 4.35. The molecule has 1 aliphatic rings. The molecule has 27 heavy (non-hydrogen) atoms. The number of nitrogens with two attached hydrogens (primary N) is 1. The number of aromatic nitrogens is 2. The van der Waals surface area contributed by atoms with E-state index in [4.69, 9.17) is 10.3 Å². The summed E-state index contributed by atoms with van der Waals surface area (Å²) in [6.07, 6.45) is -0.930. The number of hydrogen-bond donors (Lipinski definition) is 1. The van der Waals surface area contributed by atoms with Crippen molar-refractivity contribution < 1.29 is 17.7 Å². The van der Waals surface area contributed by atoms with Crippen molar-refractivity contribution in [3.63, 3.8) is 0 Å². The van der Waals surface area contributed by atoms with Gasteiger partial charge in [-0.15, -0.1) is 0 Å². The summed E-state index contributed by atoms with van der Waals surface area (Å²) in [5.41, 5.74) is 7.52. The Kier molecular flexibility index (Phi) is 5.98. The molecule has 0 unspecified atom stereocenters. The molecule has 6 nitrogen and oxygen atoms in total. The Morgan fingerprint density at radius 3 is 2.63 bits per heavy atom. The van der Waals surface area contributed by atoms with Crippen LogP contribution in [0.15, 0.2) is 33.8 Å². The molecule has 146 valence electrons. The standard InChI is InChI=1S/C18H22F3N5O/c19-18(20,21)11-15-24-16(27-25-15)14-7-5-6-13(10-14)12-23-17(22)26-8-3-1-2-4-9-26/h5-7,10H,1-4,8-9,11-12H2,(H2,22,23). The summed E-state index contributed by atoms with van der Waals surface area (Å²) in [6.45, 7) is 2.21. The SMILES string of the molecule is NC(=NCc1cccc(-c2nc(CC(F)(F)F)no2)c1)N1CCCCCC1. The van der Waals surface area contributed by atoms with Crippen LogP contribution in [0.4, 0.5) is 13.2 Å². The van der Waals surface area contributed by atoms with Gasteiger partial charge in [-0.05, 0) is 30.5 Å². The fourth-order valence-electron chi connectivity index (χ4n) is 3.00. The number of halogens is 3. The highest BCUT2D eigenvalue weighted by Crippen LogP contribution is 2.23. The minimum absolute atomic E-state index is 0.0561.